The minimum absolute atomic E-state index is 0.0587. The number of carbonyl (C=O) groups excluding carboxylic acids is 1. The summed E-state index contributed by atoms with van der Waals surface area (Å²) in [4.78, 5) is 20.0. The lowest BCUT2D eigenvalue weighted by Gasteiger charge is -2.33. The number of benzene rings is 2. The quantitative estimate of drug-likeness (QED) is 0.315. The Morgan fingerprint density at radius 2 is 1.78 bits per heavy atom. The summed E-state index contributed by atoms with van der Waals surface area (Å²) in [5.41, 5.74) is 2.65. The zero-order chi connectivity index (χ0) is 25.3. The van der Waals surface area contributed by atoms with Gasteiger partial charge in [-0.15, -0.1) is 0 Å². The molecule has 2 aromatic carbocycles. The summed E-state index contributed by atoms with van der Waals surface area (Å²) in [5.74, 6) is -0.0163. The molecule has 0 N–H and O–H groups in total. The minimum atomic E-state index is -3.63. The molecule has 36 heavy (non-hydrogen) atoms. The fourth-order valence-corrected chi connectivity index (χ4v) is 6.47. The standard InChI is InChI=1S/C28H28ClN3O3S/c1-20-15-25(8-11-30-20)31-13-9-21(10-14-31)16-28(33)32-12-2-3-26(32)19-36(34,35)27-7-5-22-17-24(29)6-4-23(22)18-27/h2-8,11-12,15,17-18,21H,9-10,13-14,16,19H2,1H3. The van der Waals surface area contributed by atoms with E-state index in [1.54, 1.807) is 48.7 Å². The van der Waals surface area contributed by atoms with Gasteiger partial charge in [0, 0.05) is 54.0 Å². The highest BCUT2D eigenvalue weighted by Gasteiger charge is 2.25. The highest BCUT2D eigenvalue weighted by atomic mass is 35.5. The van der Waals surface area contributed by atoms with Crippen molar-refractivity contribution in [3.05, 3.63) is 89.5 Å². The Labute approximate surface area is 216 Å². The van der Waals surface area contributed by atoms with Crippen LogP contribution in [0.4, 0.5) is 5.69 Å². The van der Waals surface area contributed by atoms with Gasteiger partial charge in [-0.2, -0.15) is 0 Å². The number of pyridine rings is 1. The van der Waals surface area contributed by atoms with E-state index in [0.29, 0.717) is 17.1 Å². The van der Waals surface area contributed by atoms with Crippen LogP contribution in [0.5, 0.6) is 0 Å². The second-order valence-electron chi connectivity index (χ2n) is 9.47. The van der Waals surface area contributed by atoms with E-state index in [0.717, 1.165) is 42.4 Å². The molecule has 1 aliphatic rings. The molecule has 1 aliphatic heterocycles. The number of aromatic nitrogens is 2. The number of nitrogens with zero attached hydrogens (tertiary/aromatic N) is 3. The SMILES string of the molecule is Cc1cc(N2CCC(CC(=O)n3cccc3CS(=O)(=O)c3ccc4cc(Cl)ccc4c3)CC2)ccn1. The third-order valence-electron chi connectivity index (χ3n) is 6.90. The first-order chi connectivity index (χ1) is 17.3. The van der Waals surface area contributed by atoms with Gasteiger partial charge in [0.15, 0.2) is 9.84 Å². The fourth-order valence-electron chi connectivity index (χ4n) is 4.91. The molecule has 0 amide bonds. The van der Waals surface area contributed by atoms with Gasteiger partial charge < -0.3 is 4.90 Å². The van der Waals surface area contributed by atoms with Crippen molar-refractivity contribution in [1.29, 1.82) is 0 Å². The predicted octanol–water partition coefficient (Wildman–Crippen LogP) is 5.92. The van der Waals surface area contributed by atoms with Crippen LogP contribution >= 0.6 is 11.6 Å². The Kier molecular flexibility index (Phi) is 6.86. The molecule has 1 fully saturated rings. The van der Waals surface area contributed by atoms with E-state index in [1.165, 1.54) is 10.3 Å². The number of anilines is 1. The zero-order valence-electron chi connectivity index (χ0n) is 20.1. The molecule has 6 nitrogen and oxygen atoms in total. The lowest BCUT2D eigenvalue weighted by Crippen LogP contribution is -2.35. The summed E-state index contributed by atoms with van der Waals surface area (Å²) in [5, 5.41) is 2.29. The smallest absolute Gasteiger partial charge is 0.231 e. The molecule has 0 radical (unpaired) electrons. The highest BCUT2D eigenvalue weighted by Crippen LogP contribution is 2.27. The van der Waals surface area contributed by atoms with Gasteiger partial charge in [-0.25, -0.2) is 8.42 Å². The molecule has 2 aromatic heterocycles. The summed E-state index contributed by atoms with van der Waals surface area (Å²) in [6.07, 6.45) is 5.74. The average molecular weight is 522 g/mol. The van der Waals surface area contributed by atoms with Gasteiger partial charge in [0.1, 0.15) is 0 Å². The number of halogens is 1. The average Bonchev–Trinajstić information content (AvgIpc) is 3.31. The molecule has 0 bridgehead atoms. The number of sulfone groups is 1. The first-order valence-electron chi connectivity index (χ1n) is 12.1. The monoisotopic (exact) mass is 521 g/mol. The van der Waals surface area contributed by atoms with E-state index in [9.17, 15) is 13.2 Å². The maximum Gasteiger partial charge on any atom is 0.231 e. The lowest BCUT2D eigenvalue weighted by atomic mass is 9.93. The first kappa shape index (κ1) is 24.5. The molecule has 4 aromatic rings. The van der Waals surface area contributed by atoms with Gasteiger partial charge in [0.2, 0.25) is 5.91 Å². The number of carbonyl (C=O) groups is 1. The van der Waals surface area contributed by atoms with Crippen LogP contribution in [0.3, 0.4) is 0 Å². The molecule has 0 unspecified atom stereocenters. The molecule has 186 valence electrons. The lowest BCUT2D eigenvalue weighted by molar-refractivity contribution is 0.0870. The molecular weight excluding hydrogens is 494 g/mol. The second-order valence-corrected chi connectivity index (χ2v) is 11.9. The maximum atomic E-state index is 13.2. The first-order valence-corrected chi connectivity index (χ1v) is 14.1. The maximum absolute atomic E-state index is 13.2. The minimum Gasteiger partial charge on any atom is -0.371 e. The van der Waals surface area contributed by atoms with Gasteiger partial charge in [-0.1, -0.05) is 23.7 Å². The number of hydrogen-bond acceptors (Lipinski definition) is 5. The fraction of sp³-hybridized carbons (Fsp3) is 0.286. The van der Waals surface area contributed by atoms with E-state index in [4.69, 9.17) is 11.6 Å². The molecule has 8 heteroatoms. The van der Waals surface area contributed by atoms with E-state index < -0.39 is 9.84 Å². The molecule has 5 rings (SSSR count). The normalized spacial score (nSPS) is 14.9. The van der Waals surface area contributed by atoms with Crippen LogP contribution in [0.25, 0.3) is 10.8 Å². The summed E-state index contributed by atoms with van der Waals surface area (Å²) in [7, 11) is -3.63. The van der Waals surface area contributed by atoms with Crippen molar-refractivity contribution in [1.82, 2.24) is 9.55 Å². The van der Waals surface area contributed by atoms with Crippen molar-refractivity contribution in [2.24, 2.45) is 5.92 Å². The molecule has 0 spiro atoms. The largest absolute Gasteiger partial charge is 0.371 e. The Morgan fingerprint density at radius 3 is 2.56 bits per heavy atom. The third kappa shape index (κ3) is 5.32. The predicted molar refractivity (Wildman–Crippen MR) is 143 cm³/mol. The van der Waals surface area contributed by atoms with Crippen LogP contribution in [-0.4, -0.2) is 37.0 Å². The van der Waals surface area contributed by atoms with Crippen molar-refractivity contribution in [3.8, 4) is 0 Å². The molecule has 3 heterocycles. The van der Waals surface area contributed by atoms with Crippen molar-refractivity contribution in [3.63, 3.8) is 0 Å². The van der Waals surface area contributed by atoms with E-state index >= 15 is 0 Å². The van der Waals surface area contributed by atoms with Gasteiger partial charge >= 0.3 is 0 Å². The van der Waals surface area contributed by atoms with E-state index in [-0.39, 0.29) is 22.5 Å². The van der Waals surface area contributed by atoms with Crippen molar-refractivity contribution < 1.29 is 13.2 Å². The van der Waals surface area contributed by atoms with Crippen LogP contribution in [0, 0.1) is 12.8 Å². The summed E-state index contributed by atoms with van der Waals surface area (Å²) in [6, 6.07) is 17.9. The molecule has 0 saturated carbocycles. The number of rotatable bonds is 6. The molecule has 1 saturated heterocycles. The molecule has 0 atom stereocenters. The topological polar surface area (TPSA) is 72.3 Å². The van der Waals surface area contributed by atoms with Crippen molar-refractivity contribution in [2.45, 2.75) is 36.8 Å². The van der Waals surface area contributed by atoms with Crippen molar-refractivity contribution in [2.75, 3.05) is 18.0 Å². The zero-order valence-corrected chi connectivity index (χ0v) is 21.7. The van der Waals surface area contributed by atoms with Gasteiger partial charge in [0.05, 0.1) is 10.6 Å². The van der Waals surface area contributed by atoms with Crippen LogP contribution in [-0.2, 0) is 15.6 Å². The Hall–Kier alpha value is -3.16. The van der Waals surface area contributed by atoms with Crippen LogP contribution in [0.1, 0.15) is 35.4 Å². The van der Waals surface area contributed by atoms with E-state index in [2.05, 4.69) is 16.0 Å². The van der Waals surface area contributed by atoms with E-state index in [1.807, 2.05) is 25.3 Å². The van der Waals surface area contributed by atoms with Gasteiger partial charge in [0.25, 0.3) is 0 Å². The number of aryl methyl sites for hydroxylation is 1. The second kappa shape index (κ2) is 10.1. The Morgan fingerprint density at radius 1 is 1.03 bits per heavy atom. The summed E-state index contributed by atoms with van der Waals surface area (Å²) in [6.45, 7) is 3.77. The number of piperidine rings is 1. The Balaban J connectivity index is 1.25. The van der Waals surface area contributed by atoms with Crippen LogP contribution in [0.2, 0.25) is 5.02 Å². The highest BCUT2D eigenvalue weighted by molar-refractivity contribution is 7.90. The summed E-state index contributed by atoms with van der Waals surface area (Å²) >= 11 is 6.04. The molecular formula is C28H28ClN3O3S. The van der Waals surface area contributed by atoms with Crippen LogP contribution < -0.4 is 4.90 Å². The number of fused-ring (bicyclic) bond motifs is 1. The summed E-state index contributed by atoms with van der Waals surface area (Å²) < 4.78 is 27.9. The Bertz CT molecular complexity index is 1520. The van der Waals surface area contributed by atoms with Gasteiger partial charge in [-0.3, -0.25) is 14.3 Å². The van der Waals surface area contributed by atoms with Crippen LogP contribution in [0.15, 0.2) is 78.0 Å². The van der Waals surface area contributed by atoms with Crippen molar-refractivity contribution >= 4 is 43.8 Å². The molecule has 0 aliphatic carbocycles. The number of hydrogen-bond donors (Lipinski definition) is 0. The third-order valence-corrected chi connectivity index (χ3v) is 8.78. The van der Waals surface area contributed by atoms with Gasteiger partial charge in [-0.05, 0) is 85.0 Å².